The molecule has 0 saturated heterocycles. The third-order valence-electron chi connectivity index (χ3n) is 8.98. The van der Waals surface area contributed by atoms with Gasteiger partial charge in [-0.3, -0.25) is 0 Å². The SMILES string of the molecule is CC1(C)c2ccccc2-c2ccc(-n3c4ccccc4c4cc5c(cc43)Oc3cccc4cccc-5c34)cc21. The maximum atomic E-state index is 6.58. The third-order valence-corrected chi connectivity index (χ3v) is 8.98. The summed E-state index contributed by atoms with van der Waals surface area (Å²) in [6.45, 7) is 4.69. The van der Waals surface area contributed by atoms with Crippen molar-refractivity contribution >= 4 is 32.6 Å². The van der Waals surface area contributed by atoms with Gasteiger partial charge in [-0.1, -0.05) is 92.7 Å². The van der Waals surface area contributed by atoms with Gasteiger partial charge in [0.15, 0.2) is 0 Å². The van der Waals surface area contributed by atoms with Gasteiger partial charge >= 0.3 is 0 Å². The molecule has 9 rings (SSSR count). The number of fused-ring (bicyclic) bond motifs is 8. The molecule has 2 nitrogen and oxygen atoms in total. The van der Waals surface area contributed by atoms with Gasteiger partial charge < -0.3 is 9.30 Å². The predicted octanol–water partition coefficient (Wildman–Crippen LogP) is 10.0. The van der Waals surface area contributed by atoms with E-state index in [2.05, 4.69) is 134 Å². The van der Waals surface area contributed by atoms with E-state index in [1.54, 1.807) is 0 Å². The molecule has 2 heteroatoms. The van der Waals surface area contributed by atoms with E-state index in [1.165, 1.54) is 60.6 Å². The lowest BCUT2D eigenvalue weighted by Gasteiger charge is -2.23. The van der Waals surface area contributed by atoms with Gasteiger partial charge in [-0.2, -0.15) is 0 Å². The summed E-state index contributed by atoms with van der Waals surface area (Å²) in [5.74, 6) is 1.83. The highest BCUT2D eigenvalue weighted by atomic mass is 16.5. The van der Waals surface area contributed by atoms with Crippen molar-refractivity contribution in [1.29, 1.82) is 0 Å². The summed E-state index contributed by atoms with van der Waals surface area (Å²) >= 11 is 0. The van der Waals surface area contributed by atoms with Gasteiger partial charge in [0, 0.05) is 38.9 Å². The fourth-order valence-electron chi connectivity index (χ4n) is 7.13. The molecule has 184 valence electrons. The number of rotatable bonds is 1. The molecule has 1 aromatic heterocycles. The first-order valence-corrected chi connectivity index (χ1v) is 13.6. The molecule has 0 atom stereocenters. The second-order valence-electron chi connectivity index (χ2n) is 11.4. The van der Waals surface area contributed by atoms with Crippen molar-refractivity contribution in [3.63, 3.8) is 0 Å². The van der Waals surface area contributed by atoms with Gasteiger partial charge in [-0.15, -0.1) is 0 Å². The van der Waals surface area contributed by atoms with Crippen LogP contribution in [0.5, 0.6) is 11.5 Å². The number of hydrogen-bond acceptors (Lipinski definition) is 1. The standard InChI is InChI=1S/C37H25NO/c1-37(2)30-14-5-3-11-24(30)25-18-17-23(19-31(25)37)38-32-15-6-4-12-26(32)28-20-29-27-13-7-9-22-10-8-16-34(36(22)27)39-35(29)21-33(28)38/h3-21H,1-2H3. The quantitative estimate of drug-likeness (QED) is 0.219. The summed E-state index contributed by atoms with van der Waals surface area (Å²) in [6, 6.07) is 42.0. The minimum absolute atomic E-state index is 0.0502. The van der Waals surface area contributed by atoms with Crippen molar-refractivity contribution < 1.29 is 4.74 Å². The molecule has 1 aliphatic heterocycles. The Bertz CT molecular complexity index is 2170. The second kappa shape index (κ2) is 7.18. The normalized spacial score (nSPS) is 14.3. The van der Waals surface area contributed by atoms with Crippen molar-refractivity contribution in [1.82, 2.24) is 4.57 Å². The Kier molecular flexibility index (Phi) is 3.89. The van der Waals surface area contributed by atoms with Crippen molar-refractivity contribution in [2.24, 2.45) is 0 Å². The molecule has 0 fully saturated rings. The van der Waals surface area contributed by atoms with Gasteiger partial charge in [-0.05, 0) is 63.5 Å². The average Bonchev–Trinajstić information content (AvgIpc) is 3.41. The number of para-hydroxylation sites is 1. The molecule has 0 N–H and O–H groups in total. The van der Waals surface area contributed by atoms with Gasteiger partial charge in [-0.25, -0.2) is 0 Å². The monoisotopic (exact) mass is 499 g/mol. The largest absolute Gasteiger partial charge is 0.456 e. The van der Waals surface area contributed by atoms with Crippen LogP contribution in [0.3, 0.4) is 0 Å². The molecule has 0 radical (unpaired) electrons. The molecule has 39 heavy (non-hydrogen) atoms. The molecule has 0 spiro atoms. The molecule has 0 amide bonds. The number of hydrogen-bond donors (Lipinski definition) is 0. The molecular formula is C37H25NO. The van der Waals surface area contributed by atoms with Crippen LogP contribution in [0.1, 0.15) is 25.0 Å². The van der Waals surface area contributed by atoms with E-state index in [9.17, 15) is 0 Å². The molecule has 2 aliphatic rings. The van der Waals surface area contributed by atoms with Crippen LogP contribution in [0.2, 0.25) is 0 Å². The third kappa shape index (κ3) is 2.66. The van der Waals surface area contributed by atoms with Crippen LogP contribution in [0.15, 0.2) is 115 Å². The molecule has 0 unspecified atom stereocenters. The summed E-state index contributed by atoms with van der Waals surface area (Å²) in [5, 5.41) is 4.90. The Labute approximate surface area is 226 Å². The van der Waals surface area contributed by atoms with Gasteiger partial charge in [0.05, 0.1) is 11.0 Å². The lowest BCUT2D eigenvalue weighted by molar-refractivity contribution is 0.487. The minimum atomic E-state index is -0.0502. The summed E-state index contributed by atoms with van der Waals surface area (Å²) in [5.41, 5.74) is 11.3. The fourth-order valence-corrected chi connectivity index (χ4v) is 7.13. The van der Waals surface area contributed by atoms with Crippen molar-refractivity contribution in [3.05, 3.63) is 126 Å². The van der Waals surface area contributed by atoms with Crippen molar-refractivity contribution in [2.75, 3.05) is 0 Å². The van der Waals surface area contributed by atoms with E-state index >= 15 is 0 Å². The summed E-state index contributed by atoms with van der Waals surface area (Å²) in [7, 11) is 0. The number of aromatic nitrogens is 1. The van der Waals surface area contributed by atoms with Crippen LogP contribution in [0, 0.1) is 0 Å². The number of benzene rings is 6. The van der Waals surface area contributed by atoms with Gasteiger partial charge in [0.25, 0.3) is 0 Å². The van der Waals surface area contributed by atoms with E-state index in [0.717, 1.165) is 22.6 Å². The molecule has 2 heterocycles. The lowest BCUT2D eigenvalue weighted by Crippen LogP contribution is -2.15. The summed E-state index contributed by atoms with van der Waals surface area (Å²) in [4.78, 5) is 0. The van der Waals surface area contributed by atoms with E-state index in [-0.39, 0.29) is 5.41 Å². The molecule has 0 bridgehead atoms. The molecule has 6 aromatic carbocycles. The zero-order valence-electron chi connectivity index (χ0n) is 21.8. The van der Waals surface area contributed by atoms with E-state index in [4.69, 9.17) is 4.74 Å². The fraction of sp³-hybridized carbons (Fsp3) is 0.0811. The smallest absolute Gasteiger partial charge is 0.137 e. The topological polar surface area (TPSA) is 14.2 Å². The van der Waals surface area contributed by atoms with Crippen molar-refractivity contribution in [3.8, 4) is 39.4 Å². The summed E-state index contributed by atoms with van der Waals surface area (Å²) in [6.07, 6.45) is 0. The first kappa shape index (κ1) is 21.2. The van der Waals surface area contributed by atoms with E-state index in [1.807, 2.05) is 0 Å². The molecule has 7 aromatic rings. The minimum Gasteiger partial charge on any atom is -0.456 e. The Hall–Kier alpha value is -4.82. The van der Waals surface area contributed by atoms with Crippen LogP contribution in [0.4, 0.5) is 0 Å². The molecular weight excluding hydrogens is 474 g/mol. The van der Waals surface area contributed by atoms with Gasteiger partial charge in [0.2, 0.25) is 0 Å². The van der Waals surface area contributed by atoms with E-state index in [0.29, 0.717) is 0 Å². The number of nitrogens with zero attached hydrogens (tertiary/aromatic N) is 1. The highest BCUT2D eigenvalue weighted by Gasteiger charge is 2.35. The summed E-state index contributed by atoms with van der Waals surface area (Å²) < 4.78 is 8.99. The van der Waals surface area contributed by atoms with Crippen LogP contribution in [-0.4, -0.2) is 4.57 Å². The van der Waals surface area contributed by atoms with Gasteiger partial charge in [0.1, 0.15) is 11.5 Å². The predicted molar refractivity (Wildman–Crippen MR) is 161 cm³/mol. The lowest BCUT2D eigenvalue weighted by atomic mass is 9.82. The second-order valence-corrected chi connectivity index (χ2v) is 11.4. The van der Waals surface area contributed by atoms with Crippen LogP contribution in [0.25, 0.3) is 60.5 Å². The molecule has 0 saturated carbocycles. The van der Waals surface area contributed by atoms with Crippen LogP contribution >= 0.6 is 0 Å². The Balaban J connectivity index is 1.34. The maximum absolute atomic E-state index is 6.58. The zero-order chi connectivity index (χ0) is 25.9. The van der Waals surface area contributed by atoms with Crippen LogP contribution in [-0.2, 0) is 5.41 Å². The Morgan fingerprint density at radius 3 is 2.23 bits per heavy atom. The number of ether oxygens (including phenoxy) is 1. The average molecular weight is 500 g/mol. The maximum Gasteiger partial charge on any atom is 0.137 e. The van der Waals surface area contributed by atoms with Crippen molar-refractivity contribution in [2.45, 2.75) is 19.3 Å². The zero-order valence-corrected chi connectivity index (χ0v) is 21.8. The Morgan fingerprint density at radius 1 is 0.538 bits per heavy atom. The molecule has 1 aliphatic carbocycles. The first-order chi connectivity index (χ1) is 19.1. The van der Waals surface area contributed by atoms with E-state index < -0.39 is 0 Å². The highest BCUT2D eigenvalue weighted by molar-refractivity contribution is 6.13. The van der Waals surface area contributed by atoms with Crippen LogP contribution < -0.4 is 4.74 Å². The Morgan fingerprint density at radius 2 is 1.31 bits per heavy atom. The first-order valence-electron chi connectivity index (χ1n) is 13.6. The highest BCUT2D eigenvalue weighted by Crippen LogP contribution is 2.51.